The van der Waals surface area contributed by atoms with Crippen molar-refractivity contribution < 1.29 is 33.5 Å². The van der Waals surface area contributed by atoms with Crippen LogP contribution in [0.1, 0.15) is 219 Å². The van der Waals surface area contributed by atoms with E-state index in [-0.39, 0.29) is 19.6 Å². The van der Waals surface area contributed by atoms with Crippen LogP contribution >= 0.6 is 7.82 Å². The average Bonchev–Trinajstić information content (AvgIpc) is 3.13. The Morgan fingerprint density at radius 2 is 1.04 bits per heavy atom. The van der Waals surface area contributed by atoms with E-state index in [1.165, 1.54) is 154 Å². The number of rotatable bonds is 42. The van der Waals surface area contributed by atoms with Crippen molar-refractivity contribution >= 4 is 13.7 Å². The van der Waals surface area contributed by atoms with E-state index in [1.807, 2.05) is 6.08 Å². The molecule has 0 bridgehead atoms. The molecule has 0 aromatic heterocycles. The van der Waals surface area contributed by atoms with Crippen molar-refractivity contribution in [3.05, 3.63) is 12.2 Å². The molecule has 0 saturated heterocycles. The maximum absolute atomic E-state index is 12.8. The lowest BCUT2D eigenvalue weighted by molar-refractivity contribution is -0.124. The third-order valence-electron chi connectivity index (χ3n) is 10.2. The van der Waals surface area contributed by atoms with Crippen LogP contribution in [0.15, 0.2) is 12.2 Å². The SMILES string of the molecule is CCCCCCCCCCCCCC/C=C/C(O)C(COP(=O)(O)OCCN)NC(=O)CC(O)CCCCCCCCCCCCCCCCCCC. The number of nitrogens with one attached hydrogen (secondary N) is 1. The van der Waals surface area contributed by atoms with Crippen LogP contribution in [0, 0.1) is 0 Å². The van der Waals surface area contributed by atoms with Crippen molar-refractivity contribution in [2.24, 2.45) is 5.73 Å². The highest BCUT2D eigenvalue weighted by Crippen LogP contribution is 2.43. The Morgan fingerprint density at radius 3 is 1.45 bits per heavy atom. The summed E-state index contributed by atoms with van der Waals surface area (Å²) < 4.78 is 22.1. The van der Waals surface area contributed by atoms with Crippen LogP contribution in [0.5, 0.6) is 0 Å². The maximum atomic E-state index is 12.8. The van der Waals surface area contributed by atoms with E-state index in [4.69, 9.17) is 14.8 Å². The van der Waals surface area contributed by atoms with Gasteiger partial charge in [-0.25, -0.2) is 4.57 Å². The van der Waals surface area contributed by atoms with Crippen LogP contribution in [-0.4, -0.2) is 59.0 Å². The third kappa shape index (κ3) is 37.9. The summed E-state index contributed by atoms with van der Waals surface area (Å²) in [4.78, 5) is 22.7. The molecule has 0 aromatic carbocycles. The highest BCUT2D eigenvalue weighted by molar-refractivity contribution is 7.47. The predicted octanol–water partition coefficient (Wildman–Crippen LogP) is 11.4. The van der Waals surface area contributed by atoms with Crippen LogP contribution in [0.4, 0.5) is 0 Å². The topological polar surface area (TPSA) is 151 Å². The second-order valence-electron chi connectivity index (χ2n) is 15.5. The third-order valence-corrected chi connectivity index (χ3v) is 11.2. The molecule has 0 heterocycles. The van der Waals surface area contributed by atoms with Gasteiger partial charge in [0.05, 0.1) is 37.9 Å². The summed E-state index contributed by atoms with van der Waals surface area (Å²) in [7, 11) is -4.39. The number of phosphoric acid groups is 1. The first-order chi connectivity index (χ1) is 25.8. The summed E-state index contributed by atoms with van der Waals surface area (Å²) in [5.74, 6) is -0.442. The lowest BCUT2D eigenvalue weighted by atomic mass is 10.0. The maximum Gasteiger partial charge on any atom is 0.472 e. The lowest BCUT2D eigenvalue weighted by Gasteiger charge is -2.24. The largest absolute Gasteiger partial charge is 0.472 e. The Bertz CT molecular complexity index is 862. The Kier molecular flexibility index (Phi) is 38.8. The van der Waals surface area contributed by atoms with E-state index in [0.717, 1.165) is 38.5 Å². The number of carbonyl (C=O) groups is 1. The van der Waals surface area contributed by atoms with Crippen LogP contribution in [0.25, 0.3) is 0 Å². The molecule has 1 amide bonds. The van der Waals surface area contributed by atoms with Gasteiger partial charge in [-0.2, -0.15) is 0 Å². The molecule has 0 aliphatic rings. The Hall–Kier alpha value is -0.800. The van der Waals surface area contributed by atoms with Crippen molar-refractivity contribution in [3.63, 3.8) is 0 Å². The van der Waals surface area contributed by atoms with E-state index in [1.54, 1.807) is 6.08 Å². The normalized spacial score (nSPS) is 14.8. The number of aliphatic hydroxyl groups excluding tert-OH is 2. The molecule has 0 fully saturated rings. The van der Waals surface area contributed by atoms with E-state index in [0.29, 0.717) is 6.42 Å². The summed E-state index contributed by atoms with van der Waals surface area (Å²) in [6, 6.07) is -0.977. The van der Waals surface area contributed by atoms with E-state index < -0.39 is 38.6 Å². The number of amides is 1. The average molecular weight is 775 g/mol. The standard InChI is InChI=1S/C43H87N2O7P/c1-3-5-7-9-11-13-15-17-19-20-21-22-24-26-28-30-32-34-40(46)38-43(48)45-41(39-52-53(49,50)51-37-36-44)42(47)35-33-31-29-27-25-23-18-16-14-12-10-8-6-4-2/h33,35,40-42,46-47H,3-32,34,36-39,44H2,1-2H3,(H,45,48)(H,49,50)/b35-33+. The van der Waals surface area contributed by atoms with Crippen LogP contribution in [-0.2, 0) is 18.4 Å². The molecular weight excluding hydrogens is 687 g/mol. The molecule has 53 heavy (non-hydrogen) atoms. The fourth-order valence-corrected chi connectivity index (χ4v) is 7.52. The zero-order chi connectivity index (χ0) is 39.1. The molecule has 0 aliphatic heterocycles. The number of carbonyl (C=O) groups excluding carboxylic acids is 1. The summed E-state index contributed by atoms with van der Waals surface area (Å²) in [6.07, 6.45) is 40.1. The summed E-state index contributed by atoms with van der Waals surface area (Å²) in [6.45, 7) is 3.99. The van der Waals surface area contributed by atoms with Gasteiger partial charge in [-0.3, -0.25) is 13.8 Å². The molecule has 9 nitrogen and oxygen atoms in total. The van der Waals surface area contributed by atoms with E-state index in [2.05, 4.69) is 19.2 Å². The van der Waals surface area contributed by atoms with Crippen molar-refractivity contribution in [1.29, 1.82) is 0 Å². The molecule has 0 radical (unpaired) electrons. The summed E-state index contributed by atoms with van der Waals surface area (Å²) in [5, 5.41) is 24.1. The molecule has 0 spiro atoms. The molecule has 0 saturated carbocycles. The van der Waals surface area contributed by atoms with Gasteiger partial charge >= 0.3 is 7.82 Å². The molecule has 316 valence electrons. The fraction of sp³-hybridized carbons (Fsp3) is 0.930. The lowest BCUT2D eigenvalue weighted by Crippen LogP contribution is -2.46. The molecule has 10 heteroatoms. The molecule has 0 aliphatic carbocycles. The minimum Gasteiger partial charge on any atom is -0.393 e. The smallest absolute Gasteiger partial charge is 0.393 e. The van der Waals surface area contributed by atoms with Crippen molar-refractivity contribution in [1.82, 2.24) is 5.32 Å². The quantitative estimate of drug-likeness (QED) is 0.0233. The number of hydrogen-bond acceptors (Lipinski definition) is 7. The molecular formula is C43H87N2O7P. The zero-order valence-corrected chi connectivity index (χ0v) is 35.5. The van der Waals surface area contributed by atoms with Crippen LogP contribution < -0.4 is 11.1 Å². The highest BCUT2D eigenvalue weighted by Gasteiger charge is 2.27. The predicted molar refractivity (Wildman–Crippen MR) is 223 cm³/mol. The minimum absolute atomic E-state index is 0.0515. The van der Waals surface area contributed by atoms with Gasteiger partial charge < -0.3 is 26.2 Å². The Morgan fingerprint density at radius 1 is 0.642 bits per heavy atom. The van der Waals surface area contributed by atoms with Crippen molar-refractivity contribution in [2.75, 3.05) is 19.8 Å². The minimum atomic E-state index is -4.39. The van der Waals surface area contributed by atoms with Gasteiger partial charge in [-0.1, -0.05) is 206 Å². The van der Waals surface area contributed by atoms with Crippen molar-refractivity contribution in [2.45, 2.75) is 238 Å². The summed E-state index contributed by atoms with van der Waals surface area (Å²) in [5.41, 5.74) is 5.36. The molecule has 6 N–H and O–H groups in total. The summed E-state index contributed by atoms with van der Waals surface area (Å²) >= 11 is 0. The van der Waals surface area contributed by atoms with Gasteiger partial charge in [0.2, 0.25) is 5.91 Å². The number of hydrogen-bond donors (Lipinski definition) is 5. The second-order valence-corrected chi connectivity index (χ2v) is 16.9. The zero-order valence-electron chi connectivity index (χ0n) is 34.6. The number of allylic oxidation sites excluding steroid dienone is 1. The highest BCUT2D eigenvalue weighted by atomic mass is 31.2. The van der Waals surface area contributed by atoms with E-state index >= 15 is 0 Å². The fourth-order valence-electron chi connectivity index (χ4n) is 6.77. The molecule has 0 rings (SSSR count). The molecule has 0 aromatic rings. The first-order valence-corrected chi connectivity index (χ1v) is 23.9. The van der Waals surface area contributed by atoms with Gasteiger partial charge in [-0.15, -0.1) is 0 Å². The van der Waals surface area contributed by atoms with Crippen LogP contribution in [0.3, 0.4) is 0 Å². The Balaban J connectivity index is 4.26. The number of phosphoric ester groups is 1. The Labute approximate surface area is 327 Å². The van der Waals surface area contributed by atoms with Crippen LogP contribution in [0.2, 0.25) is 0 Å². The van der Waals surface area contributed by atoms with Crippen molar-refractivity contribution in [3.8, 4) is 0 Å². The monoisotopic (exact) mass is 775 g/mol. The van der Waals surface area contributed by atoms with Gasteiger partial charge in [0.25, 0.3) is 0 Å². The van der Waals surface area contributed by atoms with Gasteiger partial charge in [0.15, 0.2) is 0 Å². The number of nitrogens with two attached hydrogens (primary N) is 1. The first kappa shape index (κ1) is 52.2. The first-order valence-electron chi connectivity index (χ1n) is 22.4. The van der Waals surface area contributed by atoms with Gasteiger partial charge in [0, 0.05) is 6.54 Å². The second kappa shape index (κ2) is 39.4. The van der Waals surface area contributed by atoms with Gasteiger partial charge in [-0.05, 0) is 19.3 Å². The van der Waals surface area contributed by atoms with E-state index in [9.17, 15) is 24.5 Å². The number of unbranched alkanes of at least 4 members (excludes halogenated alkanes) is 28. The van der Waals surface area contributed by atoms with Gasteiger partial charge in [0.1, 0.15) is 0 Å². The molecule has 4 atom stereocenters. The number of aliphatic hydroxyl groups is 2. The molecule has 4 unspecified atom stereocenters.